The number of hydrogen-bond donors (Lipinski definition) is 1. The fourth-order valence-corrected chi connectivity index (χ4v) is 1.79. The van der Waals surface area contributed by atoms with Gasteiger partial charge in [-0.25, -0.2) is 13.8 Å². The summed E-state index contributed by atoms with van der Waals surface area (Å²) in [5.74, 6) is -1.59. The lowest BCUT2D eigenvalue weighted by Gasteiger charge is -2.15. The lowest BCUT2D eigenvalue weighted by Crippen LogP contribution is -2.24. The second-order valence-electron chi connectivity index (χ2n) is 4.12. The molecule has 18 heavy (non-hydrogen) atoms. The van der Waals surface area contributed by atoms with E-state index in [0.717, 1.165) is 12.6 Å². The van der Waals surface area contributed by atoms with Crippen LogP contribution in [0.15, 0.2) is 36.9 Å². The van der Waals surface area contributed by atoms with Crippen LogP contribution in [-0.2, 0) is 6.54 Å². The van der Waals surface area contributed by atoms with Crippen LogP contribution in [-0.4, -0.2) is 16.1 Å². The minimum absolute atomic E-state index is 0.232. The van der Waals surface area contributed by atoms with E-state index in [9.17, 15) is 8.78 Å². The van der Waals surface area contributed by atoms with Gasteiger partial charge in [-0.05, 0) is 13.0 Å². The molecule has 0 aliphatic heterocycles. The second kappa shape index (κ2) is 5.73. The summed E-state index contributed by atoms with van der Waals surface area (Å²) in [5, 5.41) is 3.15. The lowest BCUT2D eigenvalue weighted by molar-refractivity contribution is 0.466. The van der Waals surface area contributed by atoms with Gasteiger partial charge in [-0.3, -0.25) is 0 Å². The number of aromatic nitrogens is 2. The van der Waals surface area contributed by atoms with Crippen LogP contribution in [0.1, 0.15) is 18.5 Å². The summed E-state index contributed by atoms with van der Waals surface area (Å²) in [5.41, 5.74) is 0.348. The summed E-state index contributed by atoms with van der Waals surface area (Å²) in [7, 11) is 0. The molecule has 0 saturated carbocycles. The molecule has 1 heterocycles. The van der Waals surface area contributed by atoms with E-state index in [2.05, 4.69) is 10.3 Å². The standard InChI is InChI=1S/C13H15F2N3/c1-10(11-3-2-4-12(14)13(11)15)17-6-8-18-7-5-16-9-18/h2-5,7,9-10,17H,6,8H2,1H3/t10-/m0/s1. The van der Waals surface area contributed by atoms with Crippen LogP contribution in [0.25, 0.3) is 0 Å². The molecule has 3 nitrogen and oxygen atoms in total. The van der Waals surface area contributed by atoms with Crippen LogP contribution < -0.4 is 5.32 Å². The van der Waals surface area contributed by atoms with E-state index in [4.69, 9.17) is 0 Å². The zero-order valence-electron chi connectivity index (χ0n) is 10.1. The maximum Gasteiger partial charge on any atom is 0.163 e. The van der Waals surface area contributed by atoms with E-state index >= 15 is 0 Å². The number of rotatable bonds is 5. The highest BCUT2D eigenvalue weighted by Gasteiger charge is 2.13. The highest BCUT2D eigenvalue weighted by Crippen LogP contribution is 2.18. The first-order valence-corrected chi connectivity index (χ1v) is 5.81. The number of halogens is 2. The fourth-order valence-electron chi connectivity index (χ4n) is 1.79. The number of nitrogens with one attached hydrogen (secondary N) is 1. The minimum atomic E-state index is -0.809. The van der Waals surface area contributed by atoms with Gasteiger partial charge in [-0.15, -0.1) is 0 Å². The molecule has 2 rings (SSSR count). The van der Waals surface area contributed by atoms with Gasteiger partial charge >= 0.3 is 0 Å². The largest absolute Gasteiger partial charge is 0.336 e. The molecule has 5 heteroatoms. The molecule has 0 spiro atoms. The molecule has 1 aromatic carbocycles. The molecule has 0 aliphatic carbocycles. The number of hydrogen-bond acceptors (Lipinski definition) is 2. The summed E-state index contributed by atoms with van der Waals surface area (Å²) >= 11 is 0. The molecular formula is C13H15F2N3. The number of imidazole rings is 1. The molecule has 2 aromatic rings. The van der Waals surface area contributed by atoms with Crippen LogP contribution in [0.4, 0.5) is 8.78 Å². The first-order valence-electron chi connectivity index (χ1n) is 5.81. The van der Waals surface area contributed by atoms with Crippen LogP contribution in [0.2, 0.25) is 0 Å². The van der Waals surface area contributed by atoms with Gasteiger partial charge in [-0.2, -0.15) is 0 Å². The number of nitrogens with zero attached hydrogens (tertiary/aromatic N) is 2. The van der Waals surface area contributed by atoms with Gasteiger partial charge in [0.05, 0.1) is 6.33 Å². The van der Waals surface area contributed by atoms with Crippen molar-refractivity contribution in [2.75, 3.05) is 6.54 Å². The van der Waals surface area contributed by atoms with Crippen molar-refractivity contribution in [2.45, 2.75) is 19.5 Å². The molecule has 1 atom stereocenters. The molecule has 0 aliphatic rings. The van der Waals surface area contributed by atoms with E-state index in [1.165, 1.54) is 6.07 Å². The van der Waals surface area contributed by atoms with Gasteiger partial charge in [0.15, 0.2) is 11.6 Å². The smallest absolute Gasteiger partial charge is 0.163 e. The van der Waals surface area contributed by atoms with Gasteiger partial charge < -0.3 is 9.88 Å². The molecule has 0 amide bonds. The third-order valence-electron chi connectivity index (χ3n) is 2.83. The van der Waals surface area contributed by atoms with Crippen LogP contribution >= 0.6 is 0 Å². The second-order valence-corrected chi connectivity index (χ2v) is 4.12. The van der Waals surface area contributed by atoms with Crippen molar-refractivity contribution in [1.82, 2.24) is 14.9 Å². The van der Waals surface area contributed by atoms with Gasteiger partial charge in [0.1, 0.15) is 0 Å². The quantitative estimate of drug-likeness (QED) is 0.885. The van der Waals surface area contributed by atoms with E-state index in [0.29, 0.717) is 12.1 Å². The SMILES string of the molecule is C[C@H](NCCn1ccnc1)c1cccc(F)c1F. The predicted octanol–water partition coefficient (Wildman–Crippen LogP) is 2.51. The molecule has 1 N–H and O–H groups in total. The summed E-state index contributed by atoms with van der Waals surface area (Å²) in [6.45, 7) is 3.21. The normalized spacial score (nSPS) is 12.6. The topological polar surface area (TPSA) is 29.9 Å². The Kier molecular flexibility index (Phi) is 4.04. The Morgan fingerprint density at radius 1 is 1.39 bits per heavy atom. The molecule has 96 valence electrons. The van der Waals surface area contributed by atoms with Crippen molar-refractivity contribution < 1.29 is 8.78 Å². The highest BCUT2D eigenvalue weighted by atomic mass is 19.2. The Balaban J connectivity index is 1.91. The monoisotopic (exact) mass is 251 g/mol. The van der Waals surface area contributed by atoms with Crippen LogP contribution in [0.3, 0.4) is 0 Å². The van der Waals surface area contributed by atoms with Crippen LogP contribution in [0.5, 0.6) is 0 Å². The maximum atomic E-state index is 13.5. The third-order valence-corrected chi connectivity index (χ3v) is 2.83. The molecule has 0 fully saturated rings. The average Bonchev–Trinajstić information content (AvgIpc) is 2.85. The van der Waals surface area contributed by atoms with Crippen molar-refractivity contribution in [3.8, 4) is 0 Å². The highest BCUT2D eigenvalue weighted by molar-refractivity contribution is 5.21. The Morgan fingerprint density at radius 2 is 2.22 bits per heavy atom. The summed E-state index contributed by atoms with van der Waals surface area (Å²) < 4.78 is 28.5. The van der Waals surface area contributed by atoms with E-state index in [1.807, 2.05) is 17.7 Å². The number of benzene rings is 1. The zero-order valence-corrected chi connectivity index (χ0v) is 10.1. The van der Waals surface area contributed by atoms with E-state index in [-0.39, 0.29) is 6.04 Å². The Morgan fingerprint density at radius 3 is 2.94 bits per heavy atom. The van der Waals surface area contributed by atoms with Crippen molar-refractivity contribution in [1.29, 1.82) is 0 Å². The van der Waals surface area contributed by atoms with Crippen LogP contribution in [0, 0.1) is 11.6 Å². The predicted molar refractivity (Wildman–Crippen MR) is 65.0 cm³/mol. The maximum absolute atomic E-state index is 13.5. The van der Waals surface area contributed by atoms with Gasteiger partial charge in [-0.1, -0.05) is 12.1 Å². The molecular weight excluding hydrogens is 236 g/mol. The summed E-state index contributed by atoms with van der Waals surface area (Å²) in [6, 6.07) is 4.00. The lowest BCUT2D eigenvalue weighted by atomic mass is 10.1. The fraction of sp³-hybridized carbons (Fsp3) is 0.308. The van der Waals surface area contributed by atoms with Crippen molar-refractivity contribution >= 4 is 0 Å². The Hall–Kier alpha value is -1.75. The van der Waals surface area contributed by atoms with Crippen molar-refractivity contribution in [3.63, 3.8) is 0 Å². The van der Waals surface area contributed by atoms with Gasteiger partial charge in [0, 0.05) is 37.1 Å². The van der Waals surface area contributed by atoms with Crippen molar-refractivity contribution in [3.05, 3.63) is 54.1 Å². The summed E-state index contributed by atoms with van der Waals surface area (Å²) in [4.78, 5) is 3.93. The van der Waals surface area contributed by atoms with Gasteiger partial charge in [0.25, 0.3) is 0 Å². The Labute approximate surface area is 104 Å². The first-order chi connectivity index (χ1) is 8.68. The minimum Gasteiger partial charge on any atom is -0.336 e. The molecule has 0 bridgehead atoms. The van der Waals surface area contributed by atoms with Gasteiger partial charge in [0.2, 0.25) is 0 Å². The Bertz CT molecular complexity index is 497. The summed E-state index contributed by atoms with van der Waals surface area (Å²) in [6.07, 6.45) is 5.28. The molecule has 0 saturated heterocycles. The molecule has 0 radical (unpaired) electrons. The van der Waals surface area contributed by atoms with E-state index in [1.54, 1.807) is 18.6 Å². The average molecular weight is 251 g/mol. The van der Waals surface area contributed by atoms with E-state index < -0.39 is 11.6 Å². The zero-order chi connectivity index (χ0) is 13.0. The molecule has 1 aromatic heterocycles. The first kappa shape index (κ1) is 12.7. The third kappa shape index (κ3) is 2.92. The van der Waals surface area contributed by atoms with Crippen molar-refractivity contribution in [2.24, 2.45) is 0 Å². The molecule has 0 unspecified atom stereocenters.